The Morgan fingerprint density at radius 2 is 2.46 bits per heavy atom. The van der Waals surface area contributed by atoms with Crippen molar-refractivity contribution in [1.82, 2.24) is 9.78 Å². The third-order valence-corrected chi connectivity index (χ3v) is 2.06. The largest absolute Gasteiger partial charge is 0.327 e. The molecule has 1 unspecified atom stereocenters. The average Bonchev–Trinajstić information content (AvgIpc) is 2.47. The predicted octanol–water partition coefficient (Wildman–Crippen LogP) is 1.92. The smallest absolute Gasteiger partial charge is 0.155 e. The first kappa shape index (κ1) is 10.5. The van der Waals surface area contributed by atoms with Crippen molar-refractivity contribution < 1.29 is 4.39 Å². The molecule has 0 spiro atoms. The van der Waals surface area contributed by atoms with Gasteiger partial charge in [0.25, 0.3) is 0 Å². The number of nitrogens with two attached hydrogens (primary N) is 1. The summed E-state index contributed by atoms with van der Waals surface area (Å²) in [5.41, 5.74) is 5.62. The highest BCUT2D eigenvalue weighted by Crippen LogP contribution is 2.24. The zero-order chi connectivity index (χ0) is 9.84. The van der Waals surface area contributed by atoms with E-state index < -0.39 is 6.17 Å². The van der Waals surface area contributed by atoms with Gasteiger partial charge in [0, 0.05) is 13.1 Å². The molecule has 0 aliphatic carbocycles. The molecule has 1 aromatic heterocycles. The Hall–Kier alpha value is -0.610. The SMILES string of the molecule is CCCn1ncc(Cl)c1C(F)CN. The molecule has 3 nitrogen and oxygen atoms in total. The van der Waals surface area contributed by atoms with Gasteiger partial charge in [0.2, 0.25) is 0 Å². The van der Waals surface area contributed by atoms with Gasteiger partial charge in [-0.05, 0) is 6.42 Å². The Kier molecular flexibility index (Phi) is 3.69. The third-order valence-electron chi connectivity index (χ3n) is 1.77. The molecule has 0 saturated heterocycles. The molecule has 1 aromatic rings. The van der Waals surface area contributed by atoms with E-state index in [2.05, 4.69) is 5.10 Å². The van der Waals surface area contributed by atoms with E-state index >= 15 is 0 Å². The molecule has 0 amide bonds. The van der Waals surface area contributed by atoms with Gasteiger partial charge in [-0.1, -0.05) is 18.5 Å². The minimum atomic E-state index is -1.22. The summed E-state index contributed by atoms with van der Waals surface area (Å²) in [4.78, 5) is 0. The van der Waals surface area contributed by atoms with Gasteiger partial charge in [0.05, 0.1) is 16.9 Å². The summed E-state index contributed by atoms with van der Waals surface area (Å²) in [6, 6.07) is 0. The van der Waals surface area contributed by atoms with Crippen LogP contribution in [0.15, 0.2) is 6.20 Å². The molecule has 2 N–H and O–H groups in total. The number of alkyl halides is 1. The Morgan fingerprint density at radius 1 is 1.77 bits per heavy atom. The number of aromatic nitrogens is 2. The van der Waals surface area contributed by atoms with Crippen LogP contribution in [0, 0.1) is 0 Å². The predicted molar refractivity (Wildman–Crippen MR) is 50.4 cm³/mol. The van der Waals surface area contributed by atoms with Crippen molar-refractivity contribution in [2.75, 3.05) is 6.54 Å². The van der Waals surface area contributed by atoms with Crippen LogP contribution in [0.1, 0.15) is 25.2 Å². The fraction of sp³-hybridized carbons (Fsp3) is 0.625. The molecule has 0 aliphatic heterocycles. The maximum Gasteiger partial charge on any atom is 0.155 e. The van der Waals surface area contributed by atoms with E-state index in [0.29, 0.717) is 17.3 Å². The summed E-state index contributed by atoms with van der Waals surface area (Å²) in [6.07, 6.45) is 1.12. The van der Waals surface area contributed by atoms with Crippen molar-refractivity contribution in [3.8, 4) is 0 Å². The van der Waals surface area contributed by atoms with Gasteiger partial charge in [0.15, 0.2) is 6.17 Å². The van der Waals surface area contributed by atoms with Crippen molar-refractivity contribution >= 4 is 11.6 Å². The van der Waals surface area contributed by atoms with Crippen molar-refractivity contribution in [1.29, 1.82) is 0 Å². The number of aryl methyl sites for hydroxylation is 1. The van der Waals surface area contributed by atoms with Crippen molar-refractivity contribution in [2.45, 2.75) is 26.1 Å². The molecule has 0 fully saturated rings. The maximum atomic E-state index is 13.3. The first-order valence-corrected chi connectivity index (χ1v) is 4.63. The molecule has 0 radical (unpaired) electrons. The lowest BCUT2D eigenvalue weighted by Gasteiger charge is -2.09. The molecule has 1 rings (SSSR count). The zero-order valence-electron chi connectivity index (χ0n) is 7.50. The fourth-order valence-electron chi connectivity index (χ4n) is 1.18. The molecular weight excluding hydrogens is 193 g/mol. The van der Waals surface area contributed by atoms with Gasteiger partial charge in [-0.15, -0.1) is 0 Å². The van der Waals surface area contributed by atoms with Crippen LogP contribution in [0.25, 0.3) is 0 Å². The molecule has 0 aromatic carbocycles. The van der Waals surface area contributed by atoms with Crippen LogP contribution in [0.4, 0.5) is 4.39 Å². The van der Waals surface area contributed by atoms with Crippen LogP contribution in [0.2, 0.25) is 5.02 Å². The number of hydrogen-bond donors (Lipinski definition) is 1. The van der Waals surface area contributed by atoms with E-state index in [9.17, 15) is 4.39 Å². The average molecular weight is 206 g/mol. The molecule has 13 heavy (non-hydrogen) atoms. The summed E-state index contributed by atoms with van der Waals surface area (Å²) in [5, 5.41) is 4.32. The first-order chi connectivity index (χ1) is 6.20. The highest BCUT2D eigenvalue weighted by molar-refractivity contribution is 6.31. The molecule has 74 valence electrons. The van der Waals surface area contributed by atoms with E-state index in [4.69, 9.17) is 17.3 Å². The Labute approximate surface area is 81.7 Å². The lowest BCUT2D eigenvalue weighted by Crippen LogP contribution is -2.14. The summed E-state index contributed by atoms with van der Waals surface area (Å²) >= 11 is 5.78. The summed E-state index contributed by atoms with van der Waals surface area (Å²) in [7, 11) is 0. The normalized spacial score (nSPS) is 13.2. The van der Waals surface area contributed by atoms with Gasteiger partial charge in [-0.2, -0.15) is 5.10 Å². The summed E-state index contributed by atoms with van der Waals surface area (Å²) < 4.78 is 14.8. The third kappa shape index (κ3) is 2.19. The van der Waals surface area contributed by atoms with Crippen LogP contribution >= 0.6 is 11.6 Å². The highest BCUT2D eigenvalue weighted by atomic mass is 35.5. The van der Waals surface area contributed by atoms with Crippen molar-refractivity contribution in [3.63, 3.8) is 0 Å². The monoisotopic (exact) mass is 205 g/mol. The Morgan fingerprint density at radius 3 is 3.00 bits per heavy atom. The zero-order valence-corrected chi connectivity index (χ0v) is 8.26. The number of hydrogen-bond acceptors (Lipinski definition) is 2. The van der Waals surface area contributed by atoms with Gasteiger partial charge in [0.1, 0.15) is 0 Å². The van der Waals surface area contributed by atoms with E-state index in [0.717, 1.165) is 6.42 Å². The van der Waals surface area contributed by atoms with Gasteiger partial charge in [-0.3, -0.25) is 4.68 Å². The summed E-state index contributed by atoms with van der Waals surface area (Å²) in [5.74, 6) is 0. The quantitative estimate of drug-likeness (QED) is 0.816. The molecule has 0 aliphatic rings. The van der Waals surface area contributed by atoms with Crippen LogP contribution < -0.4 is 5.73 Å². The minimum absolute atomic E-state index is 0.0604. The van der Waals surface area contributed by atoms with Crippen molar-refractivity contribution in [2.24, 2.45) is 5.73 Å². The molecule has 0 saturated carbocycles. The van der Waals surface area contributed by atoms with Gasteiger partial charge < -0.3 is 5.73 Å². The minimum Gasteiger partial charge on any atom is -0.327 e. The Bertz CT molecular complexity index is 274. The number of halogens is 2. The molecule has 1 heterocycles. The number of nitrogens with zero attached hydrogens (tertiary/aromatic N) is 2. The van der Waals surface area contributed by atoms with Gasteiger partial charge >= 0.3 is 0 Å². The fourth-order valence-corrected chi connectivity index (χ4v) is 1.44. The van der Waals surface area contributed by atoms with E-state index in [1.54, 1.807) is 4.68 Å². The van der Waals surface area contributed by atoms with Crippen LogP contribution in [-0.4, -0.2) is 16.3 Å². The van der Waals surface area contributed by atoms with E-state index in [1.807, 2.05) is 6.92 Å². The first-order valence-electron chi connectivity index (χ1n) is 4.26. The second-order valence-corrected chi connectivity index (χ2v) is 3.21. The second-order valence-electron chi connectivity index (χ2n) is 2.80. The van der Waals surface area contributed by atoms with Crippen LogP contribution in [0.3, 0.4) is 0 Å². The molecule has 0 bridgehead atoms. The highest BCUT2D eigenvalue weighted by Gasteiger charge is 2.17. The van der Waals surface area contributed by atoms with E-state index in [1.165, 1.54) is 6.20 Å². The second kappa shape index (κ2) is 4.58. The van der Waals surface area contributed by atoms with Crippen LogP contribution in [-0.2, 0) is 6.54 Å². The van der Waals surface area contributed by atoms with Crippen LogP contribution in [0.5, 0.6) is 0 Å². The number of rotatable bonds is 4. The maximum absolute atomic E-state index is 13.3. The lowest BCUT2D eigenvalue weighted by molar-refractivity contribution is 0.327. The van der Waals surface area contributed by atoms with E-state index in [-0.39, 0.29) is 6.54 Å². The molecule has 5 heteroatoms. The molecule has 1 atom stereocenters. The van der Waals surface area contributed by atoms with Crippen molar-refractivity contribution in [3.05, 3.63) is 16.9 Å². The molecular formula is C8H13ClFN3. The topological polar surface area (TPSA) is 43.8 Å². The summed E-state index contributed by atoms with van der Waals surface area (Å²) in [6.45, 7) is 2.60. The standard InChI is InChI=1S/C8H13ClFN3/c1-2-3-13-8(7(10)4-11)6(9)5-12-13/h5,7H,2-4,11H2,1H3. The van der Waals surface area contributed by atoms with Gasteiger partial charge in [-0.25, -0.2) is 4.39 Å². The Balaban J connectivity index is 2.93. The lowest BCUT2D eigenvalue weighted by atomic mass is 10.2.